The Hall–Kier alpha value is -1.43. The van der Waals surface area contributed by atoms with Crippen LogP contribution >= 0.6 is 15.9 Å². The van der Waals surface area contributed by atoms with Crippen molar-refractivity contribution in [2.75, 3.05) is 11.9 Å². The number of amides is 1. The third-order valence-corrected chi connectivity index (χ3v) is 2.33. The first kappa shape index (κ1) is 12.6. The van der Waals surface area contributed by atoms with Gasteiger partial charge in [-0.3, -0.25) is 4.79 Å². The van der Waals surface area contributed by atoms with E-state index in [9.17, 15) is 9.59 Å². The van der Waals surface area contributed by atoms with E-state index in [1.54, 1.807) is 13.0 Å². The van der Waals surface area contributed by atoms with E-state index < -0.39 is 5.97 Å². The monoisotopic (exact) mass is 286 g/mol. The van der Waals surface area contributed by atoms with Gasteiger partial charge in [0.2, 0.25) is 5.91 Å². The molecule has 0 bridgehead atoms. The number of rotatable bonds is 3. The lowest BCUT2D eigenvalue weighted by Crippen LogP contribution is -2.15. The predicted molar refractivity (Wildman–Crippen MR) is 62.2 cm³/mol. The molecule has 0 fully saturated rings. The minimum absolute atomic E-state index is 0.0893. The molecule has 0 aliphatic rings. The van der Waals surface area contributed by atoms with Gasteiger partial charge in [-0.15, -0.1) is 0 Å². The number of nitrogens with zero attached hydrogens (tertiary/aromatic N) is 1. The summed E-state index contributed by atoms with van der Waals surface area (Å²) in [6, 6.07) is 1.63. The van der Waals surface area contributed by atoms with Crippen molar-refractivity contribution in [3.05, 3.63) is 22.4 Å². The highest BCUT2D eigenvalue weighted by atomic mass is 79.9. The Morgan fingerprint density at radius 2 is 2.25 bits per heavy atom. The largest absolute Gasteiger partial charge is 0.461 e. The normalized spacial score (nSPS) is 9.69. The van der Waals surface area contributed by atoms with Gasteiger partial charge in [-0.1, -0.05) is 0 Å². The summed E-state index contributed by atoms with van der Waals surface area (Å²) in [4.78, 5) is 26.4. The van der Waals surface area contributed by atoms with Crippen molar-refractivity contribution in [2.24, 2.45) is 0 Å². The topological polar surface area (TPSA) is 68.3 Å². The van der Waals surface area contributed by atoms with E-state index in [2.05, 4.69) is 26.2 Å². The van der Waals surface area contributed by atoms with Gasteiger partial charge in [0.05, 0.1) is 12.3 Å². The average Bonchev–Trinajstić information content (AvgIpc) is 2.20. The number of carbonyl (C=O) groups excluding carboxylic acids is 2. The lowest BCUT2D eigenvalue weighted by Gasteiger charge is -2.09. The molecule has 0 unspecified atom stereocenters. The quantitative estimate of drug-likeness (QED) is 0.863. The van der Waals surface area contributed by atoms with Gasteiger partial charge in [-0.25, -0.2) is 9.78 Å². The van der Waals surface area contributed by atoms with Crippen molar-refractivity contribution in [1.82, 2.24) is 4.98 Å². The second-order valence-electron chi connectivity index (χ2n) is 2.92. The Morgan fingerprint density at radius 1 is 1.56 bits per heavy atom. The molecule has 5 nitrogen and oxygen atoms in total. The smallest absolute Gasteiger partial charge is 0.359 e. The molecule has 0 spiro atoms. The zero-order valence-electron chi connectivity index (χ0n) is 8.91. The van der Waals surface area contributed by atoms with Gasteiger partial charge < -0.3 is 10.1 Å². The molecule has 86 valence electrons. The van der Waals surface area contributed by atoms with E-state index in [0.717, 1.165) is 0 Å². The average molecular weight is 287 g/mol. The van der Waals surface area contributed by atoms with Gasteiger partial charge in [0.25, 0.3) is 0 Å². The molecule has 0 aromatic carbocycles. The number of hydrogen-bond acceptors (Lipinski definition) is 4. The Kier molecular flexibility index (Phi) is 4.42. The first-order valence-corrected chi connectivity index (χ1v) is 5.44. The standard InChI is InChI=1S/C10H11BrN2O3/c1-3-16-10(15)9-8(13-6(2)14)7(11)4-5-12-9/h4-5H,3H2,1-2H3,(H,13,14). The Labute approximate surface area is 101 Å². The second kappa shape index (κ2) is 5.60. The van der Waals surface area contributed by atoms with E-state index in [1.807, 2.05) is 0 Å². The number of carbonyl (C=O) groups is 2. The summed E-state index contributed by atoms with van der Waals surface area (Å²) in [6.07, 6.45) is 1.46. The molecule has 0 atom stereocenters. The molecule has 1 amide bonds. The van der Waals surface area contributed by atoms with Crippen LogP contribution < -0.4 is 5.32 Å². The SMILES string of the molecule is CCOC(=O)c1nccc(Br)c1NC(C)=O. The number of halogens is 1. The van der Waals surface area contributed by atoms with Crippen molar-refractivity contribution < 1.29 is 14.3 Å². The molecule has 0 saturated carbocycles. The minimum atomic E-state index is -0.562. The van der Waals surface area contributed by atoms with Crippen molar-refractivity contribution in [3.63, 3.8) is 0 Å². The maximum absolute atomic E-state index is 11.5. The van der Waals surface area contributed by atoms with Crippen LogP contribution in [-0.4, -0.2) is 23.5 Å². The van der Waals surface area contributed by atoms with E-state index in [0.29, 0.717) is 10.2 Å². The Bertz CT molecular complexity index is 421. The first-order chi connectivity index (χ1) is 7.56. The fourth-order valence-electron chi connectivity index (χ4n) is 1.09. The number of hydrogen-bond donors (Lipinski definition) is 1. The van der Waals surface area contributed by atoms with Gasteiger partial charge in [0, 0.05) is 17.6 Å². The molecular formula is C10H11BrN2O3. The maximum Gasteiger partial charge on any atom is 0.359 e. The van der Waals surface area contributed by atoms with Crippen LogP contribution in [0.4, 0.5) is 5.69 Å². The van der Waals surface area contributed by atoms with Gasteiger partial charge in [-0.05, 0) is 28.9 Å². The molecule has 1 rings (SSSR count). The number of anilines is 1. The molecule has 0 aliphatic heterocycles. The van der Waals surface area contributed by atoms with Gasteiger partial charge in [0.1, 0.15) is 0 Å². The van der Waals surface area contributed by atoms with Crippen molar-refractivity contribution in [1.29, 1.82) is 0 Å². The summed E-state index contributed by atoms with van der Waals surface area (Å²) < 4.78 is 5.42. The lowest BCUT2D eigenvalue weighted by atomic mass is 10.3. The van der Waals surface area contributed by atoms with Crippen LogP contribution in [0.3, 0.4) is 0 Å². The van der Waals surface area contributed by atoms with E-state index in [1.165, 1.54) is 13.1 Å². The van der Waals surface area contributed by atoms with Crippen LogP contribution in [0.5, 0.6) is 0 Å². The highest BCUT2D eigenvalue weighted by molar-refractivity contribution is 9.10. The molecule has 0 radical (unpaired) electrons. The molecule has 6 heteroatoms. The van der Waals surface area contributed by atoms with Crippen LogP contribution in [0, 0.1) is 0 Å². The van der Waals surface area contributed by atoms with Crippen LogP contribution in [0.25, 0.3) is 0 Å². The van der Waals surface area contributed by atoms with Crippen molar-refractivity contribution in [2.45, 2.75) is 13.8 Å². The Balaban J connectivity index is 3.11. The lowest BCUT2D eigenvalue weighted by molar-refractivity contribution is -0.114. The molecule has 1 heterocycles. The fourth-order valence-corrected chi connectivity index (χ4v) is 1.49. The number of aromatic nitrogens is 1. The molecule has 1 aromatic heterocycles. The van der Waals surface area contributed by atoms with E-state index in [-0.39, 0.29) is 18.2 Å². The summed E-state index contributed by atoms with van der Waals surface area (Å²) >= 11 is 3.23. The molecular weight excluding hydrogens is 276 g/mol. The zero-order chi connectivity index (χ0) is 12.1. The number of nitrogens with one attached hydrogen (secondary N) is 1. The highest BCUT2D eigenvalue weighted by Gasteiger charge is 2.17. The van der Waals surface area contributed by atoms with Gasteiger partial charge in [-0.2, -0.15) is 0 Å². The summed E-state index contributed by atoms with van der Waals surface area (Å²) in [7, 11) is 0. The van der Waals surface area contributed by atoms with Crippen molar-refractivity contribution >= 4 is 33.5 Å². The maximum atomic E-state index is 11.5. The van der Waals surface area contributed by atoms with Crippen LogP contribution in [0.15, 0.2) is 16.7 Å². The minimum Gasteiger partial charge on any atom is -0.461 e. The molecule has 1 N–H and O–H groups in total. The number of esters is 1. The molecule has 1 aromatic rings. The third kappa shape index (κ3) is 3.03. The van der Waals surface area contributed by atoms with Gasteiger partial charge >= 0.3 is 5.97 Å². The van der Waals surface area contributed by atoms with E-state index in [4.69, 9.17) is 4.74 Å². The zero-order valence-corrected chi connectivity index (χ0v) is 10.5. The summed E-state index contributed by atoms with van der Waals surface area (Å²) in [6.45, 7) is 3.31. The number of pyridine rings is 1. The molecule has 0 aliphatic carbocycles. The predicted octanol–water partition coefficient (Wildman–Crippen LogP) is 1.98. The summed E-state index contributed by atoms with van der Waals surface area (Å²) in [5.74, 6) is -0.841. The van der Waals surface area contributed by atoms with Crippen LogP contribution in [0.1, 0.15) is 24.3 Å². The van der Waals surface area contributed by atoms with Crippen molar-refractivity contribution in [3.8, 4) is 0 Å². The van der Waals surface area contributed by atoms with Crippen LogP contribution in [-0.2, 0) is 9.53 Å². The Morgan fingerprint density at radius 3 is 2.81 bits per heavy atom. The van der Waals surface area contributed by atoms with E-state index >= 15 is 0 Å². The molecule has 16 heavy (non-hydrogen) atoms. The number of ether oxygens (including phenoxy) is 1. The summed E-state index contributed by atoms with van der Waals surface area (Å²) in [5.41, 5.74) is 0.417. The second-order valence-corrected chi connectivity index (χ2v) is 3.77. The highest BCUT2D eigenvalue weighted by Crippen LogP contribution is 2.25. The first-order valence-electron chi connectivity index (χ1n) is 4.65. The van der Waals surface area contributed by atoms with Crippen LogP contribution in [0.2, 0.25) is 0 Å². The van der Waals surface area contributed by atoms with Gasteiger partial charge in [0.15, 0.2) is 5.69 Å². The third-order valence-electron chi connectivity index (χ3n) is 1.67. The fraction of sp³-hybridized carbons (Fsp3) is 0.300. The summed E-state index contributed by atoms with van der Waals surface area (Å²) in [5, 5.41) is 2.53. The molecule has 0 saturated heterocycles.